The quantitative estimate of drug-likeness (QED) is 0.219. The molecule has 0 heterocycles. The van der Waals surface area contributed by atoms with Crippen LogP contribution in [-0.2, 0) is 28.7 Å². The van der Waals surface area contributed by atoms with Crippen LogP contribution >= 0.6 is 0 Å². The van der Waals surface area contributed by atoms with E-state index >= 15 is 0 Å². The van der Waals surface area contributed by atoms with Gasteiger partial charge in [-0.25, -0.2) is 4.79 Å². The smallest absolute Gasteiger partial charge is 1.00 e. The average Bonchev–Trinajstić information content (AvgIpc) is 2.58. The summed E-state index contributed by atoms with van der Waals surface area (Å²) in [5.74, 6) is -0.873. The zero-order valence-corrected chi connectivity index (χ0v) is 26.0. The number of primary amides is 1. The van der Waals surface area contributed by atoms with Gasteiger partial charge < -0.3 is 43.9 Å². The van der Waals surface area contributed by atoms with Crippen LogP contribution in [0.2, 0.25) is 0 Å². The molecule has 0 spiro atoms. The van der Waals surface area contributed by atoms with E-state index in [2.05, 4.69) is 30.2 Å². The molecule has 224 valence electrons. The molecule has 0 rings (SSSR count). The van der Waals surface area contributed by atoms with Gasteiger partial charge in [0.25, 0.3) is 0 Å². The number of esters is 2. The molecule has 0 bridgehead atoms. The monoisotopic (exact) mass is 553 g/mol. The Balaban J connectivity index is -0.0000000317. The number of hydrogen-bond donors (Lipinski definition) is 4. The van der Waals surface area contributed by atoms with Crippen molar-refractivity contribution in [1.29, 1.82) is 0 Å². The van der Waals surface area contributed by atoms with Gasteiger partial charge in [0.05, 0.1) is 19.6 Å². The third-order valence-electron chi connectivity index (χ3n) is 2.83. The summed E-state index contributed by atoms with van der Waals surface area (Å²) in [4.78, 5) is 40.7. The first-order valence-corrected chi connectivity index (χ1v) is 10.6. The third kappa shape index (κ3) is 66.2. The minimum atomic E-state index is -1.35. The summed E-state index contributed by atoms with van der Waals surface area (Å²) in [5, 5.41) is 8.81. The number of amides is 1. The Morgan fingerprint density at radius 1 is 0.757 bits per heavy atom. The number of carbonyl (C=O) groups is 4. The van der Waals surface area contributed by atoms with Crippen LogP contribution in [-0.4, -0.2) is 77.9 Å². The van der Waals surface area contributed by atoms with Gasteiger partial charge in [-0.1, -0.05) is 41.5 Å². The van der Waals surface area contributed by atoms with E-state index in [9.17, 15) is 19.2 Å². The van der Waals surface area contributed by atoms with Crippen molar-refractivity contribution in [3.63, 3.8) is 0 Å². The van der Waals surface area contributed by atoms with E-state index in [4.69, 9.17) is 16.6 Å². The van der Waals surface area contributed by atoms with Gasteiger partial charge in [0, 0.05) is 5.41 Å². The van der Waals surface area contributed by atoms with Crippen LogP contribution in [0.15, 0.2) is 0 Å². The van der Waals surface area contributed by atoms with Gasteiger partial charge in [0.1, 0.15) is 5.78 Å². The van der Waals surface area contributed by atoms with Crippen molar-refractivity contribution >= 4 is 41.0 Å². The topological polar surface area (TPSA) is 226 Å². The minimum absolute atomic E-state index is 0. The van der Waals surface area contributed by atoms with Crippen molar-refractivity contribution in [3.05, 3.63) is 0 Å². The number of ketones is 1. The largest absolute Gasteiger partial charge is 1.00 e. The van der Waals surface area contributed by atoms with Crippen LogP contribution in [0.4, 0.5) is 0 Å². The van der Waals surface area contributed by atoms with Crippen molar-refractivity contribution in [3.8, 4) is 0 Å². The summed E-state index contributed by atoms with van der Waals surface area (Å²) in [6.45, 7) is 23.7. The van der Waals surface area contributed by atoms with E-state index in [0.29, 0.717) is 5.41 Å². The van der Waals surface area contributed by atoms with Crippen LogP contribution in [0.5, 0.6) is 0 Å². The molecule has 10 N–H and O–H groups in total. The van der Waals surface area contributed by atoms with E-state index in [1.807, 2.05) is 20.8 Å². The van der Waals surface area contributed by atoms with Crippen LogP contribution in [0, 0.1) is 16.2 Å². The molecule has 0 aromatic heterocycles. The van der Waals surface area contributed by atoms with E-state index in [-0.39, 0.29) is 77.8 Å². The summed E-state index contributed by atoms with van der Waals surface area (Å²) < 4.78 is 8.70. The molecule has 11 nitrogen and oxygen atoms in total. The van der Waals surface area contributed by atoms with Crippen molar-refractivity contribution in [2.45, 2.75) is 95.6 Å². The number of aliphatic hydroxyl groups is 1. The van der Waals surface area contributed by atoms with E-state index in [1.54, 1.807) is 20.8 Å². The second-order valence-electron chi connectivity index (χ2n) is 11.1. The zero-order chi connectivity index (χ0) is 28.4. The summed E-state index contributed by atoms with van der Waals surface area (Å²) in [5.41, 5.74) is 8.49. The van der Waals surface area contributed by atoms with Crippen LogP contribution in [0.1, 0.15) is 91.4 Å². The van der Waals surface area contributed by atoms with Gasteiger partial charge in [-0.2, -0.15) is 0 Å². The van der Waals surface area contributed by atoms with Crippen molar-refractivity contribution in [1.82, 2.24) is 6.15 Å². The summed E-state index contributed by atoms with van der Waals surface area (Å²) in [7, 11) is 2.63. The number of nitrogens with two attached hydrogens (primary N) is 2. The maximum absolute atomic E-state index is 10.6. The van der Waals surface area contributed by atoms with Gasteiger partial charge in [-0.15, -0.1) is 0 Å². The maximum Gasteiger partial charge on any atom is 1.00 e. The fourth-order valence-corrected chi connectivity index (χ4v) is 0.556. The second kappa shape index (κ2) is 28.1. The maximum atomic E-state index is 10.6. The molecule has 0 aliphatic carbocycles. The van der Waals surface area contributed by atoms with Crippen LogP contribution in [0.3, 0.4) is 0 Å². The van der Waals surface area contributed by atoms with Crippen LogP contribution in [0.25, 0.3) is 0 Å². The molecule has 0 atom stereocenters. The van der Waals surface area contributed by atoms with Gasteiger partial charge in [0.15, 0.2) is 23.0 Å². The summed E-state index contributed by atoms with van der Waals surface area (Å²) >= 11 is 0. The SMILES string of the molecule is CC(C)(C)C(N)=O.CC(C)(C)CN.CC(C)=O.COC(=O)C(C)(C)C.COC(=O)C(C)(C)O.N.O.[AlH3].[H-].[Li+]. The standard InChI is InChI=1S/C6H12O2.C5H11NO.C5H13N.C5H10O3.C3H6O.Al.Li.H3N.H2O.4H/c1-6(2,3)5(7)8-4;1-5(2,3)4(6)7;1-5(2,3)4-6;1-5(2,7)4(6)8-3;1-3(2)4;;;;;;;;/h1-4H3;1-3H3,(H2,6,7);4,6H2,1-3H3;7H,1-3H3;1-2H3;;;1H3;1H2;;;;/q;;;;;;+1;;;;;;-1. The molecule has 0 saturated heterocycles. The van der Waals surface area contributed by atoms with Gasteiger partial charge in [-0.05, 0) is 60.4 Å². The van der Waals surface area contributed by atoms with Crippen molar-refractivity contribution in [2.24, 2.45) is 27.7 Å². The molecule has 37 heavy (non-hydrogen) atoms. The molecule has 0 aliphatic rings. The molecule has 0 aliphatic heterocycles. The number of Topliss-reactive ketones (excluding diaryl/α,β-unsaturated/α-hetero) is 1. The molecule has 0 fully saturated rings. The second-order valence-corrected chi connectivity index (χ2v) is 11.1. The number of carbonyl (C=O) groups excluding carboxylic acids is 4. The fourth-order valence-electron chi connectivity index (χ4n) is 0.556. The first kappa shape index (κ1) is 60.5. The summed E-state index contributed by atoms with van der Waals surface area (Å²) in [6, 6.07) is 0. The van der Waals surface area contributed by atoms with Gasteiger partial charge >= 0.3 is 30.8 Å². The van der Waals surface area contributed by atoms with Gasteiger partial charge in [0.2, 0.25) is 5.91 Å². The number of hydrogen-bond acceptors (Lipinski definition) is 9. The minimum Gasteiger partial charge on any atom is -1.00 e. The van der Waals surface area contributed by atoms with E-state index < -0.39 is 11.6 Å². The Bertz CT molecular complexity index is 555. The normalized spacial score (nSPS) is 9.54. The molecule has 13 heteroatoms. The van der Waals surface area contributed by atoms with E-state index in [0.717, 1.165) is 6.54 Å². The van der Waals surface area contributed by atoms with Crippen molar-refractivity contribution < 1.29 is 59.5 Å². The first-order chi connectivity index (χ1) is 14.2. The Morgan fingerprint density at radius 3 is 0.946 bits per heavy atom. The van der Waals surface area contributed by atoms with E-state index in [1.165, 1.54) is 41.9 Å². The Morgan fingerprint density at radius 2 is 0.946 bits per heavy atom. The molecule has 0 radical (unpaired) electrons. The van der Waals surface area contributed by atoms with Crippen molar-refractivity contribution in [2.75, 3.05) is 20.8 Å². The summed E-state index contributed by atoms with van der Waals surface area (Å²) in [6.07, 6.45) is 0. The average molecular weight is 554 g/mol. The Kier molecular flexibility index (Phi) is 45.9. The first-order valence-electron chi connectivity index (χ1n) is 10.6. The van der Waals surface area contributed by atoms with Crippen LogP contribution < -0.4 is 36.5 Å². The predicted octanol–water partition coefficient (Wildman–Crippen LogP) is -1.49. The molecule has 0 saturated carbocycles. The number of ether oxygens (including phenoxy) is 2. The molecule has 1 amide bonds. The predicted molar refractivity (Wildman–Crippen MR) is 153 cm³/mol. The number of rotatable bonds is 1. The molecule has 0 aromatic rings. The molecule has 0 unspecified atom stereocenters. The third-order valence-corrected chi connectivity index (χ3v) is 2.83. The Hall–Kier alpha value is -0.950. The number of methoxy groups -OCH3 is 2. The molecular formula is C24H61AlLiN3O8. The van der Waals surface area contributed by atoms with Gasteiger partial charge in [-0.3, -0.25) is 9.59 Å². The Labute approximate surface area is 250 Å². The molecular weight excluding hydrogens is 492 g/mol. The molecule has 0 aromatic carbocycles. The zero-order valence-electron chi connectivity index (χ0n) is 27.0. The fraction of sp³-hybridized carbons (Fsp3) is 0.833.